The maximum atomic E-state index is 14.7. The van der Waals surface area contributed by atoms with Crippen LogP contribution in [-0.2, 0) is 19.1 Å². The van der Waals surface area contributed by atoms with E-state index in [1.54, 1.807) is 20.8 Å². The van der Waals surface area contributed by atoms with Gasteiger partial charge in [0.05, 0.1) is 31.2 Å². The number of nitriles is 1. The van der Waals surface area contributed by atoms with Gasteiger partial charge in [0.25, 0.3) is 5.91 Å². The first-order valence-corrected chi connectivity index (χ1v) is 9.31. The number of carbonyl (C=O) groups excluding carboxylic acids is 2. The topological polar surface area (TPSA) is 143 Å². The lowest BCUT2D eigenvalue weighted by Gasteiger charge is -2.38. The van der Waals surface area contributed by atoms with Gasteiger partial charge in [-0.05, 0) is 27.7 Å². The molecule has 3 heterocycles. The van der Waals surface area contributed by atoms with E-state index in [1.165, 1.54) is 12.3 Å². The van der Waals surface area contributed by atoms with E-state index in [0.717, 1.165) is 22.7 Å². The van der Waals surface area contributed by atoms with Crippen LogP contribution in [0.3, 0.4) is 0 Å². The number of carbonyl (C=O) groups is 2. The number of aliphatic hydroxyl groups is 1. The van der Waals surface area contributed by atoms with E-state index in [9.17, 15) is 19.1 Å². The molecule has 0 aromatic carbocycles. The lowest BCUT2D eigenvalue weighted by atomic mass is 9.96. The van der Waals surface area contributed by atoms with E-state index < -0.39 is 35.0 Å². The third-order valence-electron chi connectivity index (χ3n) is 4.34. The summed E-state index contributed by atoms with van der Waals surface area (Å²) in [6.45, 7) is 5.83. The number of halogens is 1. The molecule has 164 valence electrons. The molecule has 2 atom stereocenters. The quantitative estimate of drug-likeness (QED) is 0.683. The lowest BCUT2D eigenvalue weighted by Crippen LogP contribution is -2.61. The molecule has 2 unspecified atom stereocenters. The largest absolute Gasteiger partial charge is 0.458 e. The van der Waals surface area contributed by atoms with Gasteiger partial charge in [0, 0.05) is 6.07 Å². The van der Waals surface area contributed by atoms with E-state index in [4.69, 9.17) is 14.7 Å². The molecule has 1 N–H and O–H groups in total. The molecule has 12 heteroatoms. The summed E-state index contributed by atoms with van der Waals surface area (Å²) in [4.78, 5) is 26.4. The average molecular weight is 432 g/mol. The lowest BCUT2D eigenvalue weighted by molar-refractivity contribution is -0.194. The van der Waals surface area contributed by atoms with Gasteiger partial charge in [-0.2, -0.15) is 10.4 Å². The third kappa shape index (κ3) is 4.52. The summed E-state index contributed by atoms with van der Waals surface area (Å²) in [5, 5.41) is 31.0. The Bertz CT molecular complexity index is 1050. The Labute approximate surface area is 177 Å². The Morgan fingerprint density at radius 2 is 2.13 bits per heavy atom. The van der Waals surface area contributed by atoms with Crippen molar-refractivity contribution in [3.8, 4) is 11.8 Å². The van der Waals surface area contributed by atoms with Crippen molar-refractivity contribution >= 4 is 17.7 Å². The summed E-state index contributed by atoms with van der Waals surface area (Å²) >= 11 is 0. The van der Waals surface area contributed by atoms with Crippen molar-refractivity contribution in [2.45, 2.75) is 45.0 Å². The standard InChI is InChI=1S/C19H21FN6O5/c1-18(2,3)31-17(28)19(4,29)14-16(27)25(5-6-30-14)15-13(20)10-26(24-15)12-7-11(8-21)23-22-9-12/h7,9-10,14,29H,5-6H2,1-4H3. The molecular formula is C19H21FN6O5. The van der Waals surface area contributed by atoms with Crippen LogP contribution in [-0.4, -0.2) is 67.4 Å². The van der Waals surface area contributed by atoms with Crippen LogP contribution in [0.25, 0.3) is 5.69 Å². The van der Waals surface area contributed by atoms with Crippen LogP contribution in [0, 0.1) is 17.1 Å². The van der Waals surface area contributed by atoms with Crippen LogP contribution in [0.2, 0.25) is 0 Å². The van der Waals surface area contributed by atoms with Gasteiger partial charge in [0.15, 0.2) is 29.0 Å². The van der Waals surface area contributed by atoms with Gasteiger partial charge in [-0.25, -0.2) is 13.9 Å². The second kappa shape index (κ2) is 8.01. The fourth-order valence-corrected chi connectivity index (χ4v) is 2.88. The summed E-state index contributed by atoms with van der Waals surface area (Å²) in [6.07, 6.45) is 0.666. The smallest absolute Gasteiger partial charge is 0.341 e. The van der Waals surface area contributed by atoms with Gasteiger partial charge in [-0.3, -0.25) is 9.69 Å². The molecule has 1 aliphatic rings. The number of rotatable bonds is 4. The van der Waals surface area contributed by atoms with Crippen LogP contribution < -0.4 is 4.90 Å². The van der Waals surface area contributed by atoms with E-state index in [-0.39, 0.29) is 30.4 Å². The van der Waals surface area contributed by atoms with Crippen molar-refractivity contribution in [3.05, 3.63) is 30.0 Å². The molecule has 1 aliphatic heterocycles. The number of esters is 1. The Kier molecular flexibility index (Phi) is 5.75. The predicted molar refractivity (Wildman–Crippen MR) is 102 cm³/mol. The molecule has 0 saturated carbocycles. The highest BCUT2D eigenvalue weighted by Gasteiger charge is 2.51. The van der Waals surface area contributed by atoms with Gasteiger partial charge in [-0.15, -0.1) is 10.2 Å². The fourth-order valence-electron chi connectivity index (χ4n) is 2.88. The molecule has 11 nitrogen and oxygen atoms in total. The van der Waals surface area contributed by atoms with Crippen LogP contribution in [0.5, 0.6) is 0 Å². The predicted octanol–water partition coefficient (Wildman–Crippen LogP) is 0.498. The maximum Gasteiger partial charge on any atom is 0.341 e. The normalized spacial score (nSPS) is 18.9. The summed E-state index contributed by atoms with van der Waals surface area (Å²) < 4.78 is 26.3. The van der Waals surface area contributed by atoms with Crippen LogP contribution >= 0.6 is 0 Å². The summed E-state index contributed by atoms with van der Waals surface area (Å²) in [6, 6.07) is 3.16. The summed E-state index contributed by atoms with van der Waals surface area (Å²) in [5.74, 6) is -3.05. The van der Waals surface area contributed by atoms with Crippen molar-refractivity contribution < 1.29 is 28.6 Å². The number of aromatic nitrogens is 4. The van der Waals surface area contributed by atoms with Crippen LogP contribution in [0.1, 0.15) is 33.4 Å². The first-order chi connectivity index (χ1) is 14.4. The monoisotopic (exact) mass is 432 g/mol. The Morgan fingerprint density at radius 3 is 2.77 bits per heavy atom. The Morgan fingerprint density at radius 1 is 1.42 bits per heavy atom. The minimum atomic E-state index is -2.31. The number of morpholine rings is 1. The number of hydrogen-bond acceptors (Lipinski definition) is 9. The second-order valence-electron chi connectivity index (χ2n) is 8.05. The average Bonchev–Trinajstić information content (AvgIpc) is 3.08. The fraction of sp³-hybridized carbons (Fsp3) is 0.474. The van der Waals surface area contributed by atoms with Gasteiger partial charge in [0.2, 0.25) is 0 Å². The molecule has 3 rings (SSSR count). The molecular weight excluding hydrogens is 411 g/mol. The van der Waals surface area contributed by atoms with Crippen molar-refractivity contribution in [2.24, 2.45) is 0 Å². The number of nitrogens with zero attached hydrogens (tertiary/aromatic N) is 6. The first kappa shape index (κ1) is 22.3. The molecule has 0 spiro atoms. The minimum Gasteiger partial charge on any atom is -0.458 e. The van der Waals surface area contributed by atoms with Crippen molar-refractivity contribution in [1.82, 2.24) is 20.0 Å². The van der Waals surface area contributed by atoms with Crippen molar-refractivity contribution in [3.63, 3.8) is 0 Å². The second-order valence-corrected chi connectivity index (χ2v) is 8.05. The molecule has 0 aliphatic carbocycles. The molecule has 1 fully saturated rings. The highest BCUT2D eigenvalue weighted by molar-refractivity contribution is 6.01. The maximum absolute atomic E-state index is 14.7. The Balaban J connectivity index is 1.89. The van der Waals surface area contributed by atoms with E-state index in [0.29, 0.717) is 0 Å². The van der Waals surface area contributed by atoms with Crippen molar-refractivity contribution in [2.75, 3.05) is 18.1 Å². The first-order valence-electron chi connectivity index (χ1n) is 9.31. The van der Waals surface area contributed by atoms with Crippen molar-refractivity contribution in [1.29, 1.82) is 5.26 Å². The summed E-state index contributed by atoms with van der Waals surface area (Å²) in [5.41, 5.74) is -2.94. The summed E-state index contributed by atoms with van der Waals surface area (Å²) in [7, 11) is 0. The highest BCUT2D eigenvalue weighted by Crippen LogP contribution is 2.28. The van der Waals surface area contributed by atoms with Gasteiger partial charge < -0.3 is 14.6 Å². The molecule has 2 aromatic rings. The molecule has 2 aromatic heterocycles. The molecule has 0 radical (unpaired) electrons. The number of hydrogen-bond donors (Lipinski definition) is 1. The van der Waals surface area contributed by atoms with Crippen LogP contribution in [0.4, 0.5) is 10.2 Å². The van der Waals surface area contributed by atoms with E-state index >= 15 is 0 Å². The van der Waals surface area contributed by atoms with Gasteiger partial charge >= 0.3 is 5.97 Å². The molecule has 1 saturated heterocycles. The van der Waals surface area contributed by atoms with Gasteiger partial charge in [0.1, 0.15) is 11.7 Å². The Hall–Kier alpha value is -3.43. The third-order valence-corrected chi connectivity index (χ3v) is 4.34. The number of ether oxygens (including phenoxy) is 2. The zero-order valence-electron chi connectivity index (χ0n) is 17.4. The highest BCUT2D eigenvalue weighted by atomic mass is 19.1. The van der Waals surface area contributed by atoms with Gasteiger partial charge in [-0.1, -0.05) is 0 Å². The van der Waals surface area contributed by atoms with E-state index in [1.807, 2.05) is 6.07 Å². The molecule has 0 bridgehead atoms. The number of anilines is 1. The van der Waals surface area contributed by atoms with Crippen LogP contribution in [0.15, 0.2) is 18.5 Å². The minimum absolute atomic E-state index is 0.00544. The molecule has 1 amide bonds. The zero-order valence-corrected chi connectivity index (χ0v) is 17.4. The number of amides is 1. The van der Waals surface area contributed by atoms with E-state index in [2.05, 4.69) is 15.3 Å². The SMILES string of the molecule is CC(C)(C)OC(=O)C(C)(O)C1OCCN(c2nn(-c3cnnc(C#N)c3)cc2F)C1=O. The zero-order chi connectivity index (χ0) is 23.0. The molecule has 31 heavy (non-hydrogen) atoms.